The topological polar surface area (TPSA) is 35.2 Å². The molecule has 1 fully saturated rings. The molecule has 0 bridgehead atoms. The Labute approximate surface area is 99.8 Å². The van der Waals surface area contributed by atoms with Crippen molar-refractivity contribution in [1.29, 1.82) is 0 Å². The van der Waals surface area contributed by atoms with Gasteiger partial charge in [-0.2, -0.15) is 0 Å². The zero-order valence-electron chi connectivity index (χ0n) is 9.72. The first kappa shape index (κ1) is 12.5. The first-order chi connectivity index (χ1) is 8.15. The standard InChI is InChI=1S/C13H17F2NO/c14-11-3-4-12(15)10(7-11)8-17-13(9-16)5-1-2-6-13/h3-4,7H,1-2,5-6,8-9,16H2. The van der Waals surface area contributed by atoms with E-state index in [4.69, 9.17) is 10.5 Å². The number of rotatable bonds is 4. The number of ether oxygens (including phenoxy) is 1. The fraction of sp³-hybridized carbons (Fsp3) is 0.538. The van der Waals surface area contributed by atoms with Gasteiger partial charge < -0.3 is 10.5 Å². The van der Waals surface area contributed by atoms with E-state index in [0.29, 0.717) is 6.54 Å². The van der Waals surface area contributed by atoms with Crippen LogP contribution in [0.3, 0.4) is 0 Å². The zero-order valence-corrected chi connectivity index (χ0v) is 9.72. The number of hydrogen-bond donors (Lipinski definition) is 1. The van der Waals surface area contributed by atoms with E-state index >= 15 is 0 Å². The Bertz CT molecular complexity index is 389. The van der Waals surface area contributed by atoms with Crippen LogP contribution in [0, 0.1) is 11.6 Å². The molecule has 0 unspecified atom stereocenters. The molecule has 17 heavy (non-hydrogen) atoms. The quantitative estimate of drug-likeness (QED) is 0.879. The van der Waals surface area contributed by atoms with E-state index in [1.807, 2.05) is 0 Å². The lowest BCUT2D eigenvalue weighted by Gasteiger charge is -2.27. The molecule has 0 heterocycles. The minimum absolute atomic E-state index is 0.0841. The van der Waals surface area contributed by atoms with Crippen molar-refractivity contribution in [1.82, 2.24) is 0 Å². The Kier molecular flexibility index (Phi) is 3.74. The molecule has 4 heteroatoms. The molecule has 1 saturated carbocycles. The highest BCUT2D eigenvalue weighted by atomic mass is 19.1. The van der Waals surface area contributed by atoms with Crippen LogP contribution in [0.25, 0.3) is 0 Å². The summed E-state index contributed by atoms with van der Waals surface area (Å²) >= 11 is 0. The van der Waals surface area contributed by atoms with Gasteiger partial charge in [-0.25, -0.2) is 8.78 Å². The highest BCUT2D eigenvalue weighted by Gasteiger charge is 2.33. The first-order valence-electron chi connectivity index (χ1n) is 5.93. The van der Waals surface area contributed by atoms with Gasteiger partial charge in [-0.3, -0.25) is 0 Å². The van der Waals surface area contributed by atoms with Crippen LogP contribution in [0.4, 0.5) is 8.78 Å². The summed E-state index contributed by atoms with van der Waals surface area (Å²) in [6.07, 6.45) is 3.98. The molecule has 0 aliphatic heterocycles. The second-order valence-electron chi connectivity index (χ2n) is 4.62. The molecule has 0 saturated heterocycles. The van der Waals surface area contributed by atoms with E-state index < -0.39 is 11.6 Å². The predicted molar refractivity (Wildman–Crippen MR) is 61.4 cm³/mol. The van der Waals surface area contributed by atoms with Crippen molar-refractivity contribution in [3.8, 4) is 0 Å². The van der Waals surface area contributed by atoms with E-state index in [1.54, 1.807) is 0 Å². The Morgan fingerprint density at radius 3 is 2.59 bits per heavy atom. The Morgan fingerprint density at radius 2 is 1.94 bits per heavy atom. The fourth-order valence-electron chi connectivity index (χ4n) is 2.31. The third-order valence-corrected chi connectivity index (χ3v) is 3.43. The molecule has 2 nitrogen and oxygen atoms in total. The number of nitrogens with two attached hydrogens (primary N) is 1. The van der Waals surface area contributed by atoms with E-state index in [-0.39, 0.29) is 17.8 Å². The van der Waals surface area contributed by atoms with Gasteiger partial charge in [-0.1, -0.05) is 12.8 Å². The summed E-state index contributed by atoms with van der Waals surface area (Å²) in [6.45, 7) is 0.519. The number of benzene rings is 1. The molecule has 0 spiro atoms. The monoisotopic (exact) mass is 241 g/mol. The van der Waals surface area contributed by atoms with Gasteiger partial charge in [-0.05, 0) is 31.0 Å². The summed E-state index contributed by atoms with van der Waals surface area (Å²) in [6, 6.07) is 3.40. The van der Waals surface area contributed by atoms with Crippen LogP contribution in [0.5, 0.6) is 0 Å². The van der Waals surface area contributed by atoms with Crippen LogP contribution < -0.4 is 5.73 Å². The van der Waals surface area contributed by atoms with Crippen LogP contribution in [0.15, 0.2) is 18.2 Å². The predicted octanol–water partition coefficient (Wildman–Crippen LogP) is 2.75. The van der Waals surface area contributed by atoms with E-state index in [9.17, 15) is 8.78 Å². The molecule has 1 aromatic carbocycles. The maximum Gasteiger partial charge on any atom is 0.128 e. The summed E-state index contributed by atoms with van der Waals surface area (Å²) in [5.74, 6) is -0.880. The summed E-state index contributed by atoms with van der Waals surface area (Å²) in [5.41, 5.74) is 5.63. The zero-order chi connectivity index (χ0) is 12.3. The Hall–Kier alpha value is -1.00. The maximum absolute atomic E-state index is 13.4. The van der Waals surface area contributed by atoms with Crippen molar-refractivity contribution in [3.05, 3.63) is 35.4 Å². The van der Waals surface area contributed by atoms with Gasteiger partial charge in [0.1, 0.15) is 11.6 Å². The summed E-state index contributed by atoms with van der Waals surface area (Å²) in [5, 5.41) is 0. The van der Waals surface area contributed by atoms with Crippen LogP contribution in [-0.4, -0.2) is 12.1 Å². The van der Waals surface area contributed by atoms with Crippen molar-refractivity contribution in [2.75, 3.05) is 6.54 Å². The number of halogens is 2. The average molecular weight is 241 g/mol. The van der Waals surface area contributed by atoms with Crippen molar-refractivity contribution in [3.63, 3.8) is 0 Å². The third-order valence-electron chi connectivity index (χ3n) is 3.43. The van der Waals surface area contributed by atoms with Gasteiger partial charge >= 0.3 is 0 Å². The first-order valence-corrected chi connectivity index (χ1v) is 5.93. The minimum atomic E-state index is -0.446. The molecule has 2 N–H and O–H groups in total. The number of hydrogen-bond acceptors (Lipinski definition) is 2. The maximum atomic E-state index is 13.4. The van der Waals surface area contributed by atoms with Crippen LogP contribution in [0.1, 0.15) is 31.2 Å². The molecule has 1 aliphatic carbocycles. The van der Waals surface area contributed by atoms with Crippen molar-refractivity contribution >= 4 is 0 Å². The van der Waals surface area contributed by atoms with E-state index in [0.717, 1.165) is 37.8 Å². The van der Waals surface area contributed by atoms with Crippen LogP contribution in [-0.2, 0) is 11.3 Å². The SMILES string of the molecule is NCC1(OCc2cc(F)ccc2F)CCCC1. The summed E-state index contributed by atoms with van der Waals surface area (Å²) in [4.78, 5) is 0. The molecular weight excluding hydrogens is 224 g/mol. The highest BCUT2D eigenvalue weighted by Crippen LogP contribution is 2.33. The lowest BCUT2D eigenvalue weighted by Crippen LogP contribution is -2.37. The Morgan fingerprint density at radius 1 is 1.24 bits per heavy atom. The minimum Gasteiger partial charge on any atom is -0.369 e. The molecule has 2 rings (SSSR count). The normalized spacial score (nSPS) is 18.5. The van der Waals surface area contributed by atoms with Crippen molar-refractivity contribution in [2.24, 2.45) is 5.73 Å². The third kappa shape index (κ3) is 2.82. The molecule has 94 valence electrons. The lowest BCUT2D eigenvalue weighted by atomic mass is 10.0. The van der Waals surface area contributed by atoms with Crippen LogP contribution >= 0.6 is 0 Å². The van der Waals surface area contributed by atoms with Gasteiger partial charge in [0, 0.05) is 12.1 Å². The van der Waals surface area contributed by atoms with Crippen LogP contribution in [0.2, 0.25) is 0 Å². The lowest BCUT2D eigenvalue weighted by molar-refractivity contribution is -0.0459. The fourth-order valence-corrected chi connectivity index (χ4v) is 2.31. The van der Waals surface area contributed by atoms with E-state index in [2.05, 4.69) is 0 Å². The molecule has 1 aromatic rings. The average Bonchev–Trinajstić information content (AvgIpc) is 2.80. The summed E-state index contributed by atoms with van der Waals surface area (Å²) < 4.78 is 32.1. The molecule has 0 amide bonds. The van der Waals surface area contributed by atoms with Gasteiger partial charge in [0.15, 0.2) is 0 Å². The van der Waals surface area contributed by atoms with Crippen molar-refractivity contribution < 1.29 is 13.5 Å². The van der Waals surface area contributed by atoms with E-state index in [1.165, 1.54) is 6.07 Å². The molecule has 0 atom stereocenters. The van der Waals surface area contributed by atoms with Gasteiger partial charge in [0.05, 0.1) is 12.2 Å². The van der Waals surface area contributed by atoms with Crippen molar-refractivity contribution in [2.45, 2.75) is 37.9 Å². The molecular formula is C13H17F2NO. The Balaban J connectivity index is 2.03. The molecule has 0 radical (unpaired) electrons. The largest absolute Gasteiger partial charge is 0.369 e. The smallest absolute Gasteiger partial charge is 0.128 e. The summed E-state index contributed by atoms with van der Waals surface area (Å²) in [7, 11) is 0. The van der Waals surface area contributed by atoms with Gasteiger partial charge in [0.2, 0.25) is 0 Å². The highest BCUT2D eigenvalue weighted by molar-refractivity contribution is 5.18. The second-order valence-corrected chi connectivity index (χ2v) is 4.62. The molecule has 0 aromatic heterocycles. The molecule has 1 aliphatic rings. The second kappa shape index (κ2) is 5.10. The van der Waals surface area contributed by atoms with Gasteiger partial charge in [0.25, 0.3) is 0 Å². The van der Waals surface area contributed by atoms with Gasteiger partial charge in [-0.15, -0.1) is 0 Å².